The summed E-state index contributed by atoms with van der Waals surface area (Å²) in [6.45, 7) is 0.717. The standard InChI is InChI=1S/C25H25FN2O4/c1-30-23-14-17-12-13-28(25(29)27-19-6-4-3-5-7-19)22(21(17)15-24(23)31-2)16-32-20-10-8-18(26)9-11-20/h3-11,14-15,22H,12-13,16H2,1-2H3,(H,27,29). The van der Waals surface area contributed by atoms with Crippen LogP contribution in [0.3, 0.4) is 0 Å². The number of hydrogen-bond acceptors (Lipinski definition) is 4. The summed E-state index contributed by atoms with van der Waals surface area (Å²) >= 11 is 0. The van der Waals surface area contributed by atoms with Crippen molar-refractivity contribution in [3.63, 3.8) is 0 Å². The summed E-state index contributed by atoms with van der Waals surface area (Å²) in [7, 11) is 3.18. The van der Waals surface area contributed by atoms with E-state index in [1.165, 1.54) is 12.1 Å². The fourth-order valence-electron chi connectivity index (χ4n) is 3.87. The van der Waals surface area contributed by atoms with Gasteiger partial charge in [-0.05, 0) is 66.1 Å². The summed E-state index contributed by atoms with van der Waals surface area (Å²) in [5, 5.41) is 2.96. The Balaban J connectivity index is 1.64. The molecule has 0 saturated heterocycles. The van der Waals surface area contributed by atoms with Crippen LogP contribution < -0.4 is 19.5 Å². The maximum Gasteiger partial charge on any atom is 0.322 e. The number of anilines is 1. The van der Waals surface area contributed by atoms with E-state index < -0.39 is 0 Å². The highest BCUT2D eigenvalue weighted by Gasteiger charge is 2.33. The Morgan fingerprint density at radius 2 is 1.72 bits per heavy atom. The Hall–Kier alpha value is -3.74. The molecule has 0 saturated carbocycles. The summed E-state index contributed by atoms with van der Waals surface area (Å²) in [6, 6.07) is 18.4. The molecule has 0 spiro atoms. The van der Waals surface area contributed by atoms with Gasteiger partial charge in [-0.2, -0.15) is 0 Å². The summed E-state index contributed by atoms with van der Waals surface area (Å²) < 4.78 is 30.2. The second kappa shape index (κ2) is 9.60. The minimum absolute atomic E-state index is 0.205. The Morgan fingerprint density at radius 1 is 1.03 bits per heavy atom. The number of carbonyl (C=O) groups excluding carboxylic acids is 1. The third kappa shape index (κ3) is 4.61. The molecule has 1 aliphatic heterocycles. The van der Waals surface area contributed by atoms with Gasteiger partial charge in [-0.15, -0.1) is 0 Å². The van der Waals surface area contributed by atoms with Gasteiger partial charge >= 0.3 is 6.03 Å². The zero-order valence-corrected chi connectivity index (χ0v) is 18.0. The van der Waals surface area contributed by atoms with E-state index in [0.29, 0.717) is 35.9 Å². The molecular formula is C25H25FN2O4. The number of rotatable bonds is 6. The molecule has 0 fully saturated rings. The van der Waals surface area contributed by atoms with Crippen LogP contribution in [0.4, 0.5) is 14.9 Å². The van der Waals surface area contributed by atoms with Gasteiger partial charge in [-0.1, -0.05) is 18.2 Å². The van der Waals surface area contributed by atoms with Gasteiger partial charge in [0.1, 0.15) is 18.2 Å². The number of carbonyl (C=O) groups is 1. The van der Waals surface area contributed by atoms with E-state index in [-0.39, 0.29) is 24.5 Å². The molecule has 1 atom stereocenters. The highest BCUT2D eigenvalue weighted by atomic mass is 19.1. The Kier molecular flexibility index (Phi) is 6.44. The molecule has 7 heteroatoms. The third-order valence-corrected chi connectivity index (χ3v) is 5.51. The number of nitrogens with zero attached hydrogens (tertiary/aromatic N) is 1. The lowest BCUT2D eigenvalue weighted by atomic mass is 9.92. The smallest absolute Gasteiger partial charge is 0.322 e. The SMILES string of the molecule is COc1cc2c(cc1OC)C(COc1ccc(F)cc1)N(C(=O)Nc1ccccc1)CC2. The number of urea groups is 1. The topological polar surface area (TPSA) is 60.0 Å². The van der Waals surface area contributed by atoms with E-state index >= 15 is 0 Å². The van der Waals surface area contributed by atoms with Crippen molar-refractivity contribution in [1.29, 1.82) is 0 Å². The van der Waals surface area contributed by atoms with E-state index in [2.05, 4.69) is 5.32 Å². The quantitative estimate of drug-likeness (QED) is 0.587. The summed E-state index contributed by atoms with van der Waals surface area (Å²) in [5.74, 6) is 1.43. The molecule has 1 aliphatic rings. The normalized spacial score (nSPS) is 15.0. The minimum Gasteiger partial charge on any atom is -0.493 e. The number of nitrogens with one attached hydrogen (secondary N) is 1. The molecule has 3 aromatic carbocycles. The van der Waals surface area contributed by atoms with Gasteiger partial charge in [-0.3, -0.25) is 0 Å². The summed E-state index contributed by atoms with van der Waals surface area (Å²) in [4.78, 5) is 14.9. The first kappa shape index (κ1) is 21.5. The van der Waals surface area contributed by atoms with Crippen molar-refractivity contribution in [2.24, 2.45) is 0 Å². The van der Waals surface area contributed by atoms with Crippen LogP contribution in [0.15, 0.2) is 66.7 Å². The molecule has 166 valence electrons. The predicted octanol–water partition coefficient (Wildman–Crippen LogP) is 5.05. The van der Waals surface area contributed by atoms with Crippen LogP contribution in [0.5, 0.6) is 17.2 Å². The summed E-state index contributed by atoms with van der Waals surface area (Å²) in [5.41, 5.74) is 2.71. The lowest BCUT2D eigenvalue weighted by molar-refractivity contribution is 0.144. The van der Waals surface area contributed by atoms with Crippen LogP contribution in [-0.4, -0.2) is 38.3 Å². The number of fused-ring (bicyclic) bond motifs is 1. The van der Waals surface area contributed by atoms with Gasteiger partial charge < -0.3 is 24.4 Å². The second-order valence-corrected chi connectivity index (χ2v) is 7.43. The zero-order valence-electron chi connectivity index (χ0n) is 18.0. The van der Waals surface area contributed by atoms with Gasteiger partial charge in [0, 0.05) is 12.2 Å². The van der Waals surface area contributed by atoms with Crippen LogP contribution in [0, 0.1) is 5.82 Å². The van der Waals surface area contributed by atoms with Crippen LogP contribution in [-0.2, 0) is 6.42 Å². The Labute approximate surface area is 186 Å². The number of methoxy groups -OCH3 is 2. The molecule has 0 aliphatic carbocycles. The molecule has 32 heavy (non-hydrogen) atoms. The highest BCUT2D eigenvalue weighted by Crippen LogP contribution is 2.38. The highest BCUT2D eigenvalue weighted by molar-refractivity contribution is 5.89. The first-order valence-corrected chi connectivity index (χ1v) is 10.3. The number of amides is 2. The maximum absolute atomic E-state index is 13.3. The van der Waals surface area contributed by atoms with Crippen LogP contribution >= 0.6 is 0 Å². The first-order chi connectivity index (χ1) is 15.6. The van der Waals surface area contributed by atoms with Crippen molar-refractivity contribution >= 4 is 11.7 Å². The van der Waals surface area contributed by atoms with Gasteiger partial charge in [0.15, 0.2) is 11.5 Å². The molecule has 1 heterocycles. The Morgan fingerprint density at radius 3 is 2.41 bits per heavy atom. The van der Waals surface area contributed by atoms with Crippen molar-refractivity contribution in [1.82, 2.24) is 4.90 Å². The van der Waals surface area contributed by atoms with E-state index in [1.807, 2.05) is 42.5 Å². The van der Waals surface area contributed by atoms with Crippen molar-refractivity contribution in [2.75, 3.05) is 32.7 Å². The largest absolute Gasteiger partial charge is 0.493 e. The molecule has 1 unspecified atom stereocenters. The molecular weight excluding hydrogens is 411 g/mol. The Bertz CT molecular complexity index is 1070. The molecule has 2 amide bonds. The second-order valence-electron chi connectivity index (χ2n) is 7.43. The third-order valence-electron chi connectivity index (χ3n) is 5.51. The van der Waals surface area contributed by atoms with Gasteiger partial charge in [0.25, 0.3) is 0 Å². The average molecular weight is 436 g/mol. The first-order valence-electron chi connectivity index (χ1n) is 10.3. The van der Waals surface area contributed by atoms with Gasteiger partial charge in [-0.25, -0.2) is 9.18 Å². The lowest BCUT2D eigenvalue weighted by Crippen LogP contribution is -2.44. The predicted molar refractivity (Wildman–Crippen MR) is 120 cm³/mol. The monoisotopic (exact) mass is 436 g/mol. The molecule has 1 N–H and O–H groups in total. The van der Waals surface area contributed by atoms with Crippen molar-refractivity contribution in [3.05, 3.63) is 83.7 Å². The van der Waals surface area contributed by atoms with E-state index in [9.17, 15) is 9.18 Å². The van der Waals surface area contributed by atoms with E-state index in [1.54, 1.807) is 31.3 Å². The number of para-hydroxylation sites is 1. The zero-order chi connectivity index (χ0) is 22.5. The fraction of sp³-hybridized carbons (Fsp3) is 0.240. The number of hydrogen-bond donors (Lipinski definition) is 1. The molecule has 0 aromatic heterocycles. The number of ether oxygens (including phenoxy) is 3. The molecule has 0 radical (unpaired) electrons. The van der Waals surface area contributed by atoms with Crippen LogP contribution in [0.2, 0.25) is 0 Å². The van der Waals surface area contributed by atoms with Crippen molar-refractivity contribution < 1.29 is 23.4 Å². The van der Waals surface area contributed by atoms with Gasteiger partial charge in [0.2, 0.25) is 0 Å². The van der Waals surface area contributed by atoms with E-state index in [4.69, 9.17) is 14.2 Å². The van der Waals surface area contributed by atoms with Crippen molar-refractivity contribution in [3.8, 4) is 17.2 Å². The fourth-order valence-corrected chi connectivity index (χ4v) is 3.87. The molecule has 0 bridgehead atoms. The lowest BCUT2D eigenvalue weighted by Gasteiger charge is -2.37. The average Bonchev–Trinajstić information content (AvgIpc) is 2.83. The van der Waals surface area contributed by atoms with E-state index in [0.717, 1.165) is 11.1 Å². The summed E-state index contributed by atoms with van der Waals surface area (Å²) in [6.07, 6.45) is 0.672. The van der Waals surface area contributed by atoms with Crippen LogP contribution in [0.1, 0.15) is 17.2 Å². The molecule has 3 aromatic rings. The minimum atomic E-state index is -0.368. The number of benzene rings is 3. The maximum atomic E-state index is 13.3. The number of halogens is 1. The van der Waals surface area contributed by atoms with Crippen LogP contribution in [0.25, 0.3) is 0 Å². The van der Waals surface area contributed by atoms with Gasteiger partial charge in [0.05, 0.1) is 20.3 Å². The molecule has 4 rings (SSSR count). The molecule has 6 nitrogen and oxygen atoms in total. The van der Waals surface area contributed by atoms with Crippen molar-refractivity contribution in [2.45, 2.75) is 12.5 Å².